The molecule has 3 N–H and O–H groups in total. The first-order chi connectivity index (χ1) is 12.1. The molecule has 0 heterocycles. The minimum absolute atomic E-state index is 0.161. The molecule has 2 atom stereocenters. The SMILES string of the molecule is NC1CC2CCCC(C1)C2NC(=O)C1(c2ccc(F)cc2)CCCC1. The Bertz CT molecular complexity index is 609. The van der Waals surface area contributed by atoms with Gasteiger partial charge in [0.2, 0.25) is 5.91 Å². The predicted molar refractivity (Wildman–Crippen MR) is 96.5 cm³/mol. The van der Waals surface area contributed by atoms with Crippen LogP contribution in [0.1, 0.15) is 63.4 Å². The third kappa shape index (κ3) is 3.10. The molecule has 0 aromatic heterocycles. The van der Waals surface area contributed by atoms with Gasteiger partial charge in [0.05, 0.1) is 5.41 Å². The maximum Gasteiger partial charge on any atom is 0.230 e. The quantitative estimate of drug-likeness (QED) is 0.879. The van der Waals surface area contributed by atoms with Crippen molar-refractivity contribution >= 4 is 5.91 Å². The van der Waals surface area contributed by atoms with Crippen LogP contribution < -0.4 is 11.1 Å². The van der Waals surface area contributed by atoms with E-state index in [-0.39, 0.29) is 17.8 Å². The first-order valence-corrected chi connectivity index (χ1v) is 9.91. The fraction of sp³-hybridized carbons (Fsp3) is 0.667. The number of carbonyl (C=O) groups excluding carboxylic acids is 1. The number of rotatable bonds is 3. The second-order valence-corrected chi connectivity index (χ2v) is 8.48. The van der Waals surface area contributed by atoms with Crippen LogP contribution in [-0.2, 0) is 10.2 Å². The Morgan fingerprint density at radius 3 is 2.24 bits per heavy atom. The molecule has 1 aromatic rings. The molecule has 2 bridgehead atoms. The zero-order valence-corrected chi connectivity index (χ0v) is 14.8. The van der Waals surface area contributed by atoms with E-state index in [4.69, 9.17) is 5.73 Å². The van der Waals surface area contributed by atoms with Crippen LogP contribution in [0.4, 0.5) is 4.39 Å². The molecule has 3 fully saturated rings. The third-order valence-electron chi connectivity index (χ3n) is 6.96. The molecule has 3 aliphatic rings. The van der Waals surface area contributed by atoms with Crippen LogP contribution in [0.5, 0.6) is 0 Å². The number of halogens is 1. The molecule has 1 aromatic carbocycles. The highest BCUT2D eigenvalue weighted by molar-refractivity contribution is 5.89. The summed E-state index contributed by atoms with van der Waals surface area (Å²) in [6.07, 6.45) is 9.55. The standard InChI is InChI=1S/C21H29FN2O/c22-17-8-6-16(7-9-17)21(10-1-2-11-21)20(25)24-19-14-4-3-5-15(19)13-18(23)12-14/h6-9,14-15,18-19H,1-5,10-13,23H2,(H,24,25). The van der Waals surface area contributed by atoms with Gasteiger partial charge in [0.25, 0.3) is 0 Å². The molecule has 3 saturated carbocycles. The number of fused-ring (bicyclic) bond motifs is 2. The van der Waals surface area contributed by atoms with Gasteiger partial charge < -0.3 is 11.1 Å². The van der Waals surface area contributed by atoms with Crippen molar-refractivity contribution in [2.75, 3.05) is 0 Å². The number of benzene rings is 1. The van der Waals surface area contributed by atoms with Crippen molar-refractivity contribution < 1.29 is 9.18 Å². The molecule has 2 unspecified atom stereocenters. The van der Waals surface area contributed by atoms with Crippen LogP contribution in [0.3, 0.4) is 0 Å². The Morgan fingerprint density at radius 2 is 1.64 bits per heavy atom. The van der Waals surface area contributed by atoms with E-state index in [9.17, 15) is 9.18 Å². The number of nitrogens with one attached hydrogen (secondary N) is 1. The summed E-state index contributed by atoms with van der Waals surface area (Å²) in [5, 5.41) is 3.45. The van der Waals surface area contributed by atoms with Gasteiger partial charge in [-0.3, -0.25) is 4.79 Å². The Morgan fingerprint density at radius 1 is 1.04 bits per heavy atom. The number of nitrogens with two attached hydrogens (primary N) is 1. The van der Waals surface area contributed by atoms with Crippen LogP contribution in [0.2, 0.25) is 0 Å². The van der Waals surface area contributed by atoms with E-state index in [1.807, 2.05) is 0 Å². The summed E-state index contributed by atoms with van der Waals surface area (Å²) in [5.41, 5.74) is 6.73. The summed E-state index contributed by atoms with van der Waals surface area (Å²) in [7, 11) is 0. The molecule has 25 heavy (non-hydrogen) atoms. The smallest absolute Gasteiger partial charge is 0.230 e. The van der Waals surface area contributed by atoms with E-state index < -0.39 is 5.41 Å². The first-order valence-electron chi connectivity index (χ1n) is 9.91. The zero-order chi connectivity index (χ0) is 17.4. The van der Waals surface area contributed by atoms with Crippen molar-refractivity contribution in [3.8, 4) is 0 Å². The van der Waals surface area contributed by atoms with Gasteiger partial charge in [-0.1, -0.05) is 31.4 Å². The summed E-state index contributed by atoms with van der Waals surface area (Å²) in [4.78, 5) is 13.4. The fourth-order valence-corrected chi connectivity index (χ4v) is 5.71. The Kier molecular flexibility index (Phi) is 4.57. The minimum atomic E-state index is -0.471. The fourth-order valence-electron chi connectivity index (χ4n) is 5.71. The summed E-state index contributed by atoms with van der Waals surface area (Å²) < 4.78 is 13.4. The van der Waals surface area contributed by atoms with Crippen LogP contribution in [0, 0.1) is 17.7 Å². The van der Waals surface area contributed by atoms with Gasteiger partial charge in [-0.05, 0) is 68.1 Å². The lowest BCUT2D eigenvalue weighted by Crippen LogP contribution is -2.57. The Hall–Kier alpha value is -1.42. The van der Waals surface area contributed by atoms with Gasteiger partial charge in [0.1, 0.15) is 5.82 Å². The van der Waals surface area contributed by atoms with Crippen LogP contribution in [0.15, 0.2) is 24.3 Å². The van der Waals surface area contributed by atoms with E-state index >= 15 is 0 Å². The lowest BCUT2D eigenvalue weighted by atomic mass is 9.66. The highest BCUT2D eigenvalue weighted by Gasteiger charge is 2.46. The minimum Gasteiger partial charge on any atom is -0.352 e. The summed E-state index contributed by atoms with van der Waals surface area (Å²) in [5.74, 6) is 0.971. The number of carbonyl (C=O) groups is 1. The summed E-state index contributed by atoms with van der Waals surface area (Å²) in [6.45, 7) is 0. The molecule has 3 nitrogen and oxygen atoms in total. The van der Waals surface area contributed by atoms with Crippen LogP contribution in [0.25, 0.3) is 0 Å². The van der Waals surface area contributed by atoms with E-state index in [0.717, 1.165) is 44.1 Å². The second kappa shape index (κ2) is 6.71. The van der Waals surface area contributed by atoms with Crippen molar-refractivity contribution in [2.45, 2.75) is 75.3 Å². The van der Waals surface area contributed by atoms with Crippen molar-refractivity contribution in [3.63, 3.8) is 0 Å². The summed E-state index contributed by atoms with van der Waals surface area (Å²) in [6, 6.07) is 7.14. The lowest BCUT2D eigenvalue weighted by molar-refractivity contribution is -0.129. The molecule has 4 heteroatoms. The number of hydrogen-bond acceptors (Lipinski definition) is 2. The highest BCUT2D eigenvalue weighted by atomic mass is 19.1. The van der Waals surface area contributed by atoms with Crippen molar-refractivity contribution in [3.05, 3.63) is 35.6 Å². The Labute approximate surface area is 149 Å². The Balaban J connectivity index is 1.57. The van der Waals surface area contributed by atoms with Crippen molar-refractivity contribution in [2.24, 2.45) is 17.6 Å². The van der Waals surface area contributed by atoms with Gasteiger partial charge >= 0.3 is 0 Å². The molecule has 0 saturated heterocycles. The van der Waals surface area contributed by atoms with Gasteiger partial charge in [-0.15, -0.1) is 0 Å². The van der Waals surface area contributed by atoms with E-state index in [0.29, 0.717) is 17.9 Å². The third-order valence-corrected chi connectivity index (χ3v) is 6.96. The molecule has 136 valence electrons. The topological polar surface area (TPSA) is 55.1 Å². The van der Waals surface area contributed by atoms with E-state index in [1.54, 1.807) is 12.1 Å². The second-order valence-electron chi connectivity index (χ2n) is 8.48. The normalized spacial score (nSPS) is 33.8. The van der Waals surface area contributed by atoms with Crippen LogP contribution >= 0.6 is 0 Å². The molecular weight excluding hydrogens is 315 g/mol. The highest BCUT2D eigenvalue weighted by Crippen LogP contribution is 2.44. The molecule has 0 radical (unpaired) electrons. The number of hydrogen-bond donors (Lipinski definition) is 2. The summed E-state index contributed by atoms with van der Waals surface area (Å²) >= 11 is 0. The predicted octanol–water partition coefficient (Wildman–Crippen LogP) is 3.66. The lowest BCUT2D eigenvalue weighted by Gasteiger charge is -2.46. The zero-order valence-electron chi connectivity index (χ0n) is 14.8. The van der Waals surface area contributed by atoms with Crippen molar-refractivity contribution in [1.82, 2.24) is 5.32 Å². The molecule has 0 spiro atoms. The average Bonchev–Trinajstić information content (AvgIpc) is 3.07. The van der Waals surface area contributed by atoms with Crippen molar-refractivity contribution in [1.29, 1.82) is 0 Å². The van der Waals surface area contributed by atoms with E-state index in [1.165, 1.54) is 31.4 Å². The molecule has 1 amide bonds. The molecule has 0 aliphatic heterocycles. The van der Waals surface area contributed by atoms with Crippen LogP contribution in [-0.4, -0.2) is 18.0 Å². The average molecular weight is 344 g/mol. The van der Waals surface area contributed by atoms with E-state index in [2.05, 4.69) is 5.32 Å². The molecular formula is C21H29FN2O. The molecule has 4 rings (SSSR count). The van der Waals surface area contributed by atoms with Gasteiger partial charge in [0.15, 0.2) is 0 Å². The number of amides is 1. The monoisotopic (exact) mass is 344 g/mol. The van der Waals surface area contributed by atoms with Gasteiger partial charge in [-0.2, -0.15) is 0 Å². The maximum absolute atomic E-state index is 13.4. The first kappa shape index (κ1) is 17.0. The maximum atomic E-state index is 13.4. The van der Waals surface area contributed by atoms with Gasteiger partial charge in [-0.25, -0.2) is 4.39 Å². The van der Waals surface area contributed by atoms with Gasteiger partial charge in [0, 0.05) is 12.1 Å². The molecule has 3 aliphatic carbocycles. The largest absolute Gasteiger partial charge is 0.352 e.